The van der Waals surface area contributed by atoms with Crippen LogP contribution in [0.15, 0.2) is 54.6 Å². The molecule has 0 aliphatic carbocycles. The number of benzene rings is 2. The average molecular weight is 411 g/mol. The largest absolute Gasteiger partial charge is 0.492 e. The van der Waals surface area contributed by atoms with Gasteiger partial charge in [-0.3, -0.25) is 9.48 Å². The molecule has 1 amide bonds. The van der Waals surface area contributed by atoms with Crippen molar-refractivity contribution in [1.82, 2.24) is 20.0 Å². The number of carbonyl (C=O) groups is 1. The lowest BCUT2D eigenvalue weighted by atomic mass is 10.1. The van der Waals surface area contributed by atoms with Crippen LogP contribution in [0.5, 0.6) is 11.6 Å². The third-order valence-electron chi connectivity index (χ3n) is 4.68. The molecule has 0 saturated heterocycles. The van der Waals surface area contributed by atoms with Crippen LogP contribution >= 0.6 is 0 Å². The number of nitrogens with one attached hydrogen (secondary N) is 1. The quantitative estimate of drug-likeness (QED) is 0.557. The summed E-state index contributed by atoms with van der Waals surface area (Å²) in [7, 11) is 3.93. The van der Waals surface area contributed by atoms with E-state index in [0.717, 1.165) is 23.2 Å². The maximum atomic E-state index is 12.6. The number of likely N-dealkylation sites (N-methyl/N-ethyl adjacent to an activating group) is 1. The number of aromatic nitrogens is 2. The van der Waals surface area contributed by atoms with Crippen LogP contribution in [-0.2, 0) is 11.3 Å². The van der Waals surface area contributed by atoms with Gasteiger partial charge >= 0.3 is 0 Å². The van der Waals surface area contributed by atoms with Crippen LogP contribution in [-0.4, -0.2) is 60.0 Å². The fourth-order valence-corrected chi connectivity index (χ4v) is 3.00. The van der Waals surface area contributed by atoms with Gasteiger partial charge in [-0.1, -0.05) is 30.3 Å². The minimum atomic E-state index is -1.05. The summed E-state index contributed by atoms with van der Waals surface area (Å²) >= 11 is 0. The molecule has 0 fully saturated rings. The van der Waals surface area contributed by atoms with E-state index in [1.54, 1.807) is 13.8 Å². The number of hydrogen-bond donors (Lipinski definition) is 1. The van der Waals surface area contributed by atoms with Gasteiger partial charge in [0.05, 0.1) is 17.4 Å². The summed E-state index contributed by atoms with van der Waals surface area (Å²) in [6, 6.07) is 17.5. The SMILES string of the molecule is CN(C)CCNC(=O)C(C)(C)Oc1nn(CCOc2ccccc2)c2ccccc12. The number of para-hydroxylation sites is 2. The maximum absolute atomic E-state index is 12.6. The zero-order valence-corrected chi connectivity index (χ0v) is 18.1. The van der Waals surface area contributed by atoms with E-state index in [1.165, 1.54) is 0 Å². The minimum absolute atomic E-state index is 0.171. The van der Waals surface area contributed by atoms with Crippen molar-refractivity contribution in [1.29, 1.82) is 0 Å². The zero-order valence-electron chi connectivity index (χ0n) is 18.1. The van der Waals surface area contributed by atoms with Crippen LogP contribution in [0.1, 0.15) is 13.8 Å². The molecule has 7 heteroatoms. The predicted molar refractivity (Wildman–Crippen MR) is 118 cm³/mol. The number of amides is 1. The van der Waals surface area contributed by atoms with Gasteiger partial charge in [0, 0.05) is 13.1 Å². The van der Waals surface area contributed by atoms with Gasteiger partial charge in [-0.05, 0) is 52.2 Å². The van der Waals surface area contributed by atoms with E-state index in [0.29, 0.717) is 25.6 Å². The smallest absolute Gasteiger partial charge is 0.263 e. The molecule has 3 aromatic rings. The van der Waals surface area contributed by atoms with Crippen molar-refractivity contribution in [3.8, 4) is 11.6 Å². The van der Waals surface area contributed by atoms with E-state index in [2.05, 4.69) is 10.4 Å². The molecule has 3 rings (SSSR count). The predicted octanol–water partition coefficient (Wildman–Crippen LogP) is 2.95. The summed E-state index contributed by atoms with van der Waals surface area (Å²) < 4.78 is 13.7. The van der Waals surface area contributed by atoms with Crippen molar-refractivity contribution in [3.63, 3.8) is 0 Å². The summed E-state index contributed by atoms with van der Waals surface area (Å²) in [5, 5.41) is 8.41. The topological polar surface area (TPSA) is 68.6 Å². The van der Waals surface area contributed by atoms with E-state index in [-0.39, 0.29) is 5.91 Å². The highest BCUT2D eigenvalue weighted by Crippen LogP contribution is 2.28. The molecule has 0 aliphatic heterocycles. The molecule has 0 saturated carbocycles. The Kier molecular flexibility index (Phi) is 6.95. The van der Waals surface area contributed by atoms with Crippen molar-refractivity contribution in [2.75, 3.05) is 33.8 Å². The number of carbonyl (C=O) groups excluding carboxylic acids is 1. The lowest BCUT2D eigenvalue weighted by molar-refractivity contribution is -0.134. The van der Waals surface area contributed by atoms with Crippen molar-refractivity contribution in [2.45, 2.75) is 26.0 Å². The Morgan fingerprint density at radius 1 is 1.10 bits per heavy atom. The lowest BCUT2D eigenvalue weighted by Gasteiger charge is -2.24. The van der Waals surface area contributed by atoms with E-state index >= 15 is 0 Å². The van der Waals surface area contributed by atoms with Crippen LogP contribution in [0.4, 0.5) is 0 Å². The maximum Gasteiger partial charge on any atom is 0.263 e. The minimum Gasteiger partial charge on any atom is -0.492 e. The molecule has 1 N–H and O–H groups in total. The molecule has 0 spiro atoms. The Hall–Kier alpha value is -3.06. The molecule has 0 unspecified atom stereocenters. The number of hydrogen-bond acceptors (Lipinski definition) is 5. The number of nitrogens with zero attached hydrogens (tertiary/aromatic N) is 3. The Bertz CT molecular complexity index is 967. The van der Waals surface area contributed by atoms with Crippen LogP contribution < -0.4 is 14.8 Å². The molecular formula is C23H30N4O3. The first-order chi connectivity index (χ1) is 14.4. The van der Waals surface area contributed by atoms with Crippen LogP contribution in [0.3, 0.4) is 0 Å². The van der Waals surface area contributed by atoms with Gasteiger partial charge in [0.2, 0.25) is 5.88 Å². The fourth-order valence-electron chi connectivity index (χ4n) is 3.00. The normalized spacial score (nSPS) is 11.6. The fraction of sp³-hybridized carbons (Fsp3) is 0.391. The van der Waals surface area contributed by atoms with Crippen LogP contribution in [0.2, 0.25) is 0 Å². The number of ether oxygens (including phenoxy) is 2. The first-order valence-corrected chi connectivity index (χ1v) is 10.1. The molecule has 30 heavy (non-hydrogen) atoms. The van der Waals surface area contributed by atoms with Gasteiger partial charge in [-0.25, -0.2) is 0 Å². The Labute approximate surface area is 177 Å². The molecule has 1 aromatic heterocycles. The number of fused-ring (bicyclic) bond motifs is 1. The molecule has 160 valence electrons. The molecule has 0 radical (unpaired) electrons. The Balaban J connectivity index is 1.70. The second-order valence-electron chi connectivity index (χ2n) is 7.88. The third-order valence-corrected chi connectivity index (χ3v) is 4.68. The molecule has 0 atom stereocenters. The summed E-state index contributed by atoms with van der Waals surface area (Å²) in [5.41, 5.74) is -0.109. The lowest BCUT2D eigenvalue weighted by Crippen LogP contribution is -2.48. The van der Waals surface area contributed by atoms with Crippen molar-refractivity contribution < 1.29 is 14.3 Å². The summed E-state index contributed by atoms with van der Waals surface area (Å²) in [6.07, 6.45) is 0. The average Bonchev–Trinajstić information content (AvgIpc) is 3.05. The summed E-state index contributed by atoms with van der Waals surface area (Å²) in [4.78, 5) is 14.6. The monoisotopic (exact) mass is 410 g/mol. The van der Waals surface area contributed by atoms with E-state index in [9.17, 15) is 4.79 Å². The van der Waals surface area contributed by atoms with Crippen molar-refractivity contribution in [2.24, 2.45) is 0 Å². The molecular weight excluding hydrogens is 380 g/mol. The highest BCUT2D eigenvalue weighted by atomic mass is 16.5. The molecule has 7 nitrogen and oxygen atoms in total. The highest BCUT2D eigenvalue weighted by molar-refractivity contribution is 5.87. The van der Waals surface area contributed by atoms with Crippen molar-refractivity contribution >= 4 is 16.8 Å². The van der Waals surface area contributed by atoms with E-state index in [4.69, 9.17) is 9.47 Å². The second kappa shape index (κ2) is 9.63. The van der Waals surface area contributed by atoms with Gasteiger partial charge < -0.3 is 19.7 Å². The van der Waals surface area contributed by atoms with Crippen LogP contribution in [0, 0.1) is 0 Å². The van der Waals surface area contributed by atoms with Gasteiger partial charge in [-0.2, -0.15) is 0 Å². The van der Waals surface area contributed by atoms with E-state index in [1.807, 2.05) is 78.3 Å². The van der Waals surface area contributed by atoms with Gasteiger partial charge in [0.1, 0.15) is 12.4 Å². The molecule has 1 heterocycles. The number of rotatable bonds is 10. The molecule has 2 aromatic carbocycles. The van der Waals surface area contributed by atoms with Crippen molar-refractivity contribution in [3.05, 3.63) is 54.6 Å². The first-order valence-electron chi connectivity index (χ1n) is 10.1. The standard InChI is InChI=1S/C23H30N4O3/c1-23(2,22(28)24-14-15-26(3)4)30-21-19-12-8-9-13-20(19)27(25-21)16-17-29-18-10-6-5-7-11-18/h5-13H,14-17H2,1-4H3,(H,24,28). The second-order valence-corrected chi connectivity index (χ2v) is 7.88. The third kappa shape index (κ3) is 5.51. The molecule has 0 aliphatic rings. The summed E-state index contributed by atoms with van der Waals surface area (Å²) in [6.45, 7) is 5.87. The first kappa shape index (κ1) is 21.6. The van der Waals surface area contributed by atoms with Gasteiger partial charge in [0.25, 0.3) is 5.91 Å². The Morgan fingerprint density at radius 2 is 1.80 bits per heavy atom. The Morgan fingerprint density at radius 3 is 2.53 bits per heavy atom. The highest BCUT2D eigenvalue weighted by Gasteiger charge is 2.31. The summed E-state index contributed by atoms with van der Waals surface area (Å²) in [5.74, 6) is 1.09. The van der Waals surface area contributed by atoms with Gasteiger partial charge in [0.15, 0.2) is 5.60 Å². The zero-order chi connectivity index (χ0) is 21.6. The molecule has 0 bridgehead atoms. The van der Waals surface area contributed by atoms with Crippen LogP contribution in [0.25, 0.3) is 10.9 Å². The van der Waals surface area contributed by atoms with Gasteiger partial charge in [-0.15, -0.1) is 5.10 Å². The van der Waals surface area contributed by atoms with E-state index < -0.39 is 5.60 Å².